The summed E-state index contributed by atoms with van der Waals surface area (Å²) >= 11 is 11.7. The molecule has 2 heterocycles. The highest BCUT2D eigenvalue weighted by molar-refractivity contribution is 7.80. The van der Waals surface area contributed by atoms with E-state index in [1.165, 1.54) is 30.5 Å². The topological polar surface area (TPSA) is 121 Å². The summed E-state index contributed by atoms with van der Waals surface area (Å²) in [7, 11) is 0. The number of hydrogen-bond acceptors (Lipinski definition) is 7. The van der Waals surface area contributed by atoms with Gasteiger partial charge in [-0.2, -0.15) is 0 Å². The maximum Gasteiger partial charge on any atom is 0.289 e. The van der Waals surface area contributed by atoms with Gasteiger partial charge in [-0.25, -0.2) is 0 Å². The predicted octanol–water partition coefficient (Wildman–Crippen LogP) is 3.93. The van der Waals surface area contributed by atoms with E-state index in [1.54, 1.807) is 29.2 Å². The fourth-order valence-electron chi connectivity index (χ4n) is 3.65. The second-order valence-corrected chi connectivity index (χ2v) is 8.45. The number of piperazine rings is 1. The Bertz CT molecular complexity index is 1280. The van der Waals surface area contributed by atoms with Crippen molar-refractivity contribution in [3.8, 4) is 0 Å². The van der Waals surface area contributed by atoms with E-state index < -0.39 is 10.8 Å². The van der Waals surface area contributed by atoms with Crippen LogP contribution in [-0.2, 0) is 0 Å². The first-order chi connectivity index (χ1) is 16.8. The number of nitro groups is 1. The summed E-state index contributed by atoms with van der Waals surface area (Å²) in [6, 6.07) is 14.0. The quantitative estimate of drug-likeness (QED) is 0.299. The van der Waals surface area contributed by atoms with Crippen LogP contribution >= 0.6 is 23.8 Å². The molecule has 4 rings (SSSR count). The normalized spacial score (nSPS) is 13.3. The summed E-state index contributed by atoms with van der Waals surface area (Å²) in [5.74, 6) is -0.391. The van der Waals surface area contributed by atoms with Gasteiger partial charge in [0, 0.05) is 49.6 Å². The van der Waals surface area contributed by atoms with E-state index in [-0.39, 0.29) is 22.3 Å². The Hall–Kier alpha value is -3.96. The fourth-order valence-corrected chi connectivity index (χ4v) is 4.16. The third-order valence-electron chi connectivity index (χ3n) is 5.39. The van der Waals surface area contributed by atoms with Gasteiger partial charge in [-0.1, -0.05) is 17.7 Å². The first kappa shape index (κ1) is 24.2. The first-order valence-corrected chi connectivity index (χ1v) is 11.3. The van der Waals surface area contributed by atoms with Crippen molar-refractivity contribution in [1.82, 2.24) is 10.2 Å². The number of hydrogen-bond donors (Lipinski definition) is 2. The Labute approximate surface area is 210 Å². The number of nitro benzene ring substituents is 1. The number of halogens is 1. The number of carbonyl (C=O) groups excluding carboxylic acids is 2. The van der Waals surface area contributed by atoms with Gasteiger partial charge in [0.05, 0.1) is 21.9 Å². The molecule has 1 aliphatic rings. The van der Waals surface area contributed by atoms with E-state index in [0.717, 1.165) is 5.69 Å². The fraction of sp³-hybridized carbons (Fsp3) is 0.174. The Kier molecular flexibility index (Phi) is 7.28. The van der Waals surface area contributed by atoms with Crippen molar-refractivity contribution < 1.29 is 18.9 Å². The number of thiocarbonyl (C=S) groups is 1. The molecule has 2 aromatic carbocycles. The van der Waals surface area contributed by atoms with Gasteiger partial charge in [0.15, 0.2) is 10.9 Å². The van der Waals surface area contributed by atoms with Crippen LogP contribution in [0.4, 0.5) is 17.1 Å². The molecule has 35 heavy (non-hydrogen) atoms. The Morgan fingerprint density at radius 3 is 2.49 bits per heavy atom. The molecule has 1 aliphatic heterocycles. The van der Waals surface area contributed by atoms with E-state index in [9.17, 15) is 19.7 Å². The molecule has 2 amide bonds. The number of nitrogens with zero attached hydrogens (tertiary/aromatic N) is 3. The van der Waals surface area contributed by atoms with Crippen molar-refractivity contribution >= 4 is 57.8 Å². The second-order valence-electron chi connectivity index (χ2n) is 7.64. The van der Waals surface area contributed by atoms with Crippen molar-refractivity contribution in [3.63, 3.8) is 0 Å². The van der Waals surface area contributed by atoms with Gasteiger partial charge >= 0.3 is 0 Å². The molecule has 1 saturated heterocycles. The van der Waals surface area contributed by atoms with Crippen molar-refractivity contribution in [3.05, 3.63) is 87.3 Å². The number of carbonyl (C=O) groups is 2. The summed E-state index contributed by atoms with van der Waals surface area (Å²) in [5.41, 5.74) is 1.30. The van der Waals surface area contributed by atoms with Gasteiger partial charge < -0.3 is 19.5 Å². The minimum atomic E-state index is -0.576. The molecular formula is C23H20ClN5O5S. The minimum Gasteiger partial charge on any atom is -0.459 e. The maximum absolute atomic E-state index is 12.4. The van der Waals surface area contributed by atoms with E-state index in [2.05, 4.69) is 15.5 Å². The number of anilines is 2. The molecule has 12 heteroatoms. The third-order valence-corrected chi connectivity index (χ3v) is 5.90. The largest absolute Gasteiger partial charge is 0.459 e. The summed E-state index contributed by atoms with van der Waals surface area (Å²) < 4.78 is 5.19. The third kappa shape index (κ3) is 5.76. The lowest BCUT2D eigenvalue weighted by molar-refractivity contribution is -0.384. The molecule has 1 aromatic heterocycles. The molecule has 3 aromatic rings. The van der Waals surface area contributed by atoms with Crippen LogP contribution in [-0.4, -0.2) is 52.9 Å². The predicted molar refractivity (Wildman–Crippen MR) is 135 cm³/mol. The molecule has 10 nitrogen and oxygen atoms in total. The summed E-state index contributed by atoms with van der Waals surface area (Å²) in [5, 5.41) is 16.8. The van der Waals surface area contributed by atoms with Crippen LogP contribution in [0, 0.1) is 10.1 Å². The van der Waals surface area contributed by atoms with Crippen LogP contribution in [0.2, 0.25) is 5.02 Å². The van der Waals surface area contributed by atoms with Gasteiger partial charge in [0.25, 0.3) is 17.5 Å². The molecular weight excluding hydrogens is 494 g/mol. The van der Waals surface area contributed by atoms with Gasteiger partial charge in [-0.05, 0) is 48.6 Å². The molecule has 180 valence electrons. The number of non-ortho nitro benzene ring substituents is 1. The maximum atomic E-state index is 12.4. The smallest absolute Gasteiger partial charge is 0.289 e. The zero-order chi connectivity index (χ0) is 24.9. The lowest BCUT2D eigenvalue weighted by atomic mass is 10.2. The Balaban J connectivity index is 1.33. The van der Waals surface area contributed by atoms with E-state index in [0.29, 0.717) is 42.6 Å². The van der Waals surface area contributed by atoms with Crippen LogP contribution in [0.1, 0.15) is 20.9 Å². The number of rotatable bonds is 5. The highest BCUT2D eigenvalue weighted by Crippen LogP contribution is 2.30. The molecule has 0 bridgehead atoms. The van der Waals surface area contributed by atoms with Gasteiger partial charge in [-0.3, -0.25) is 25.0 Å². The molecule has 0 spiro atoms. The number of nitrogens with one attached hydrogen (secondary N) is 2. The molecule has 0 radical (unpaired) electrons. The van der Waals surface area contributed by atoms with Crippen molar-refractivity contribution in [2.75, 3.05) is 36.4 Å². The first-order valence-electron chi connectivity index (χ1n) is 10.6. The lowest BCUT2D eigenvalue weighted by Crippen LogP contribution is -2.48. The zero-order valence-corrected chi connectivity index (χ0v) is 19.8. The number of benzene rings is 2. The SMILES string of the molecule is O=C(NC(=S)Nc1ccc(N2CCN(C(=O)c3ccco3)CC2)c(Cl)c1)c1cccc([N+](=O)[O-])c1. The summed E-state index contributed by atoms with van der Waals surface area (Å²) in [6.07, 6.45) is 1.48. The average Bonchev–Trinajstić information content (AvgIpc) is 3.39. The minimum absolute atomic E-state index is 0.0235. The standard InChI is InChI=1S/C23H20ClN5O5S/c24-18-14-16(25-23(35)26-21(30)15-3-1-4-17(13-15)29(32)33)6-7-19(18)27-8-10-28(11-9-27)22(31)20-5-2-12-34-20/h1-7,12-14H,8-11H2,(H2,25,26,30,35). The average molecular weight is 514 g/mol. The highest BCUT2D eigenvalue weighted by atomic mass is 35.5. The summed E-state index contributed by atoms with van der Waals surface area (Å²) in [6.45, 7) is 2.28. The Morgan fingerprint density at radius 1 is 1.06 bits per heavy atom. The van der Waals surface area contributed by atoms with Crippen LogP contribution in [0.3, 0.4) is 0 Å². The van der Waals surface area contributed by atoms with Gasteiger partial charge in [0.2, 0.25) is 0 Å². The molecule has 0 aliphatic carbocycles. The molecule has 2 N–H and O–H groups in total. The van der Waals surface area contributed by atoms with E-state index in [1.807, 2.05) is 6.07 Å². The van der Waals surface area contributed by atoms with Crippen molar-refractivity contribution in [1.29, 1.82) is 0 Å². The van der Waals surface area contributed by atoms with Crippen molar-refractivity contribution in [2.24, 2.45) is 0 Å². The van der Waals surface area contributed by atoms with Crippen LogP contribution < -0.4 is 15.5 Å². The Morgan fingerprint density at radius 2 is 1.83 bits per heavy atom. The van der Waals surface area contributed by atoms with Crippen molar-refractivity contribution in [2.45, 2.75) is 0 Å². The monoisotopic (exact) mass is 513 g/mol. The highest BCUT2D eigenvalue weighted by Gasteiger charge is 2.24. The molecule has 0 atom stereocenters. The number of furan rings is 1. The van der Waals surface area contributed by atoms with Crippen LogP contribution in [0.15, 0.2) is 65.3 Å². The zero-order valence-electron chi connectivity index (χ0n) is 18.3. The van der Waals surface area contributed by atoms with Gasteiger partial charge in [-0.15, -0.1) is 0 Å². The second kappa shape index (κ2) is 10.5. The summed E-state index contributed by atoms with van der Waals surface area (Å²) in [4.78, 5) is 39.0. The van der Waals surface area contributed by atoms with Crippen LogP contribution in [0.5, 0.6) is 0 Å². The van der Waals surface area contributed by atoms with E-state index >= 15 is 0 Å². The number of amides is 2. The lowest BCUT2D eigenvalue weighted by Gasteiger charge is -2.36. The van der Waals surface area contributed by atoms with E-state index in [4.69, 9.17) is 28.2 Å². The van der Waals surface area contributed by atoms with Crippen LogP contribution in [0.25, 0.3) is 0 Å². The molecule has 0 unspecified atom stereocenters. The molecule has 0 saturated carbocycles. The van der Waals surface area contributed by atoms with Gasteiger partial charge in [0.1, 0.15) is 0 Å². The molecule has 1 fully saturated rings.